The fourth-order valence-electron chi connectivity index (χ4n) is 2.82. The van der Waals surface area contributed by atoms with Crippen molar-refractivity contribution in [2.75, 3.05) is 11.9 Å². The van der Waals surface area contributed by atoms with Crippen LogP contribution in [0.25, 0.3) is 10.8 Å². The Morgan fingerprint density at radius 3 is 2.25 bits per heavy atom. The molecule has 3 aromatic rings. The van der Waals surface area contributed by atoms with Gasteiger partial charge in [-0.05, 0) is 35.8 Å². The predicted octanol–water partition coefficient (Wildman–Crippen LogP) is 2.66. The molecule has 0 unspecified atom stereocenters. The van der Waals surface area contributed by atoms with Crippen molar-refractivity contribution in [2.45, 2.75) is 12.8 Å². The number of benzene rings is 3. The zero-order valence-electron chi connectivity index (χ0n) is 17.1. The molecule has 0 fully saturated rings. The quantitative estimate of drug-likeness (QED) is 0.326. The Kier molecular flexibility index (Phi) is 8.10. The number of para-hydroxylation sites is 1. The van der Waals surface area contributed by atoms with Crippen LogP contribution in [-0.2, 0) is 14.4 Å². The molecule has 3 rings (SSSR count). The molecule has 0 aliphatic carbocycles. The summed E-state index contributed by atoms with van der Waals surface area (Å²) in [6, 6.07) is 22.2. The van der Waals surface area contributed by atoms with Crippen LogP contribution in [0.2, 0.25) is 0 Å². The van der Waals surface area contributed by atoms with Crippen LogP contribution in [-0.4, -0.2) is 29.4 Å². The Labute approximate surface area is 190 Å². The van der Waals surface area contributed by atoms with Crippen molar-refractivity contribution in [2.24, 2.45) is 0 Å². The van der Waals surface area contributed by atoms with Crippen molar-refractivity contribution in [3.05, 3.63) is 72.8 Å². The third-order valence-electron chi connectivity index (χ3n) is 4.31. The molecule has 0 saturated heterocycles. The van der Waals surface area contributed by atoms with Crippen LogP contribution in [0.4, 0.5) is 5.69 Å². The first kappa shape index (κ1) is 22.7. The van der Waals surface area contributed by atoms with E-state index in [0.29, 0.717) is 11.4 Å². The van der Waals surface area contributed by atoms with E-state index in [1.165, 1.54) is 0 Å². The first-order valence-electron chi connectivity index (χ1n) is 9.85. The lowest BCUT2D eigenvalue weighted by Crippen LogP contribution is -2.49. The van der Waals surface area contributed by atoms with E-state index in [9.17, 15) is 14.4 Å². The van der Waals surface area contributed by atoms with Crippen molar-refractivity contribution in [3.8, 4) is 5.75 Å². The molecule has 3 amide bonds. The number of hydrogen-bond donors (Lipinski definition) is 4. The molecule has 0 atom stereocenters. The topological polar surface area (TPSA) is 109 Å². The zero-order valence-corrected chi connectivity index (χ0v) is 17.9. The second-order valence-electron chi connectivity index (χ2n) is 6.73. The normalized spacial score (nSPS) is 10.1. The van der Waals surface area contributed by atoms with E-state index in [4.69, 9.17) is 17.0 Å². The number of hydrogen-bond acceptors (Lipinski definition) is 5. The minimum absolute atomic E-state index is 0.000398. The van der Waals surface area contributed by atoms with Crippen molar-refractivity contribution in [3.63, 3.8) is 0 Å². The maximum absolute atomic E-state index is 12.1. The number of nitrogens with one attached hydrogen (secondary N) is 4. The standard InChI is InChI=1S/C23H22N4O4S/c28-20(24-17-9-2-1-3-10-17)13-14-21(29)26-27-23(32)25-22(30)15-31-19-12-6-8-16-7-4-5-11-18(16)19/h1-12H,13-15H2,(H,24,28)(H,26,29)(H2,25,27,30,32). The Morgan fingerprint density at radius 2 is 1.44 bits per heavy atom. The number of anilines is 1. The number of carbonyl (C=O) groups excluding carboxylic acids is 3. The molecular formula is C23H22N4O4S. The highest BCUT2D eigenvalue weighted by molar-refractivity contribution is 7.80. The molecule has 3 aromatic carbocycles. The smallest absolute Gasteiger partial charge is 0.264 e. The van der Waals surface area contributed by atoms with Gasteiger partial charge in [-0.3, -0.25) is 30.6 Å². The number of fused-ring (bicyclic) bond motifs is 1. The molecule has 9 heteroatoms. The van der Waals surface area contributed by atoms with Gasteiger partial charge >= 0.3 is 0 Å². The van der Waals surface area contributed by atoms with Crippen LogP contribution in [0.1, 0.15) is 12.8 Å². The van der Waals surface area contributed by atoms with Gasteiger partial charge in [0.2, 0.25) is 11.8 Å². The molecule has 0 radical (unpaired) electrons. The Hall–Kier alpha value is -3.98. The van der Waals surface area contributed by atoms with E-state index in [1.54, 1.807) is 30.3 Å². The van der Waals surface area contributed by atoms with Gasteiger partial charge in [0.25, 0.3) is 5.91 Å². The van der Waals surface area contributed by atoms with Gasteiger partial charge in [-0.15, -0.1) is 0 Å². The minimum atomic E-state index is -0.480. The second kappa shape index (κ2) is 11.4. The van der Waals surface area contributed by atoms with Crippen molar-refractivity contribution < 1.29 is 19.1 Å². The van der Waals surface area contributed by atoms with E-state index in [2.05, 4.69) is 21.5 Å². The summed E-state index contributed by atoms with van der Waals surface area (Å²) in [5.41, 5.74) is 5.42. The number of hydrazine groups is 1. The summed E-state index contributed by atoms with van der Waals surface area (Å²) in [6.45, 7) is -0.247. The second-order valence-corrected chi connectivity index (χ2v) is 7.14. The number of rotatable bonds is 7. The number of carbonyl (C=O) groups is 3. The molecule has 0 aliphatic heterocycles. The number of ether oxygens (including phenoxy) is 1. The SMILES string of the molecule is O=C(CCC(=O)Nc1ccccc1)NNC(=S)NC(=O)COc1cccc2ccccc12. The van der Waals surface area contributed by atoms with Gasteiger partial charge in [0.15, 0.2) is 11.7 Å². The largest absolute Gasteiger partial charge is 0.483 e. The van der Waals surface area contributed by atoms with E-state index in [1.807, 2.05) is 42.5 Å². The molecule has 4 N–H and O–H groups in total. The summed E-state index contributed by atoms with van der Waals surface area (Å²) >= 11 is 4.99. The molecule has 0 aromatic heterocycles. The van der Waals surface area contributed by atoms with Crippen LogP contribution in [0, 0.1) is 0 Å². The number of amides is 3. The van der Waals surface area contributed by atoms with Crippen molar-refractivity contribution in [1.82, 2.24) is 16.2 Å². The van der Waals surface area contributed by atoms with E-state index >= 15 is 0 Å². The van der Waals surface area contributed by atoms with Crippen molar-refractivity contribution in [1.29, 1.82) is 0 Å². The van der Waals surface area contributed by atoms with Gasteiger partial charge in [0.1, 0.15) is 5.75 Å². The summed E-state index contributed by atoms with van der Waals surface area (Å²) in [7, 11) is 0. The lowest BCUT2D eigenvalue weighted by Gasteiger charge is -2.12. The average Bonchev–Trinajstić information content (AvgIpc) is 2.80. The first-order chi connectivity index (χ1) is 15.5. The summed E-state index contributed by atoms with van der Waals surface area (Å²) < 4.78 is 5.59. The molecule has 0 heterocycles. The minimum Gasteiger partial charge on any atom is -0.483 e. The van der Waals surface area contributed by atoms with Gasteiger partial charge in [0.05, 0.1) is 0 Å². The lowest BCUT2D eigenvalue weighted by atomic mass is 10.1. The van der Waals surface area contributed by atoms with E-state index < -0.39 is 11.8 Å². The highest BCUT2D eigenvalue weighted by Crippen LogP contribution is 2.24. The lowest BCUT2D eigenvalue weighted by molar-refractivity contribution is -0.125. The van der Waals surface area contributed by atoms with Crippen LogP contribution >= 0.6 is 12.2 Å². The van der Waals surface area contributed by atoms with E-state index in [-0.39, 0.29) is 30.5 Å². The third kappa shape index (κ3) is 7.06. The fraction of sp³-hybridized carbons (Fsp3) is 0.130. The molecule has 0 saturated carbocycles. The van der Waals surface area contributed by atoms with Gasteiger partial charge in [-0.2, -0.15) is 0 Å². The third-order valence-corrected chi connectivity index (χ3v) is 4.52. The van der Waals surface area contributed by atoms with Gasteiger partial charge < -0.3 is 10.1 Å². The fourth-order valence-corrected chi connectivity index (χ4v) is 2.98. The summed E-state index contributed by atoms with van der Waals surface area (Å²) in [6.07, 6.45) is -0.0488. The Bertz CT molecular complexity index is 1120. The summed E-state index contributed by atoms with van der Waals surface area (Å²) in [5.74, 6) is -0.629. The number of thiocarbonyl (C=S) groups is 1. The molecule has 0 bridgehead atoms. The molecular weight excluding hydrogens is 428 g/mol. The molecule has 8 nitrogen and oxygen atoms in total. The highest BCUT2D eigenvalue weighted by Gasteiger charge is 2.10. The zero-order chi connectivity index (χ0) is 22.8. The van der Waals surface area contributed by atoms with Crippen molar-refractivity contribution >= 4 is 51.5 Å². The maximum atomic E-state index is 12.1. The molecule has 0 aliphatic rings. The average molecular weight is 451 g/mol. The Morgan fingerprint density at radius 1 is 0.750 bits per heavy atom. The van der Waals surface area contributed by atoms with Crippen LogP contribution < -0.4 is 26.2 Å². The highest BCUT2D eigenvalue weighted by atomic mass is 32.1. The summed E-state index contributed by atoms with van der Waals surface area (Å²) in [5, 5.41) is 6.92. The first-order valence-corrected chi connectivity index (χ1v) is 10.3. The van der Waals surface area contributed by atoms with E-state index in [0.717, 1.165) is 10.8 Å². The van der Waals surface area contributed by atoms with Crippen LogP contribution in [0.3, 0.4) is 0 Å². The van der Waals surface area contributed by atoms with Crippen LogP contribution in [0.15, 0.2) is 72.8 Å². The predicted molar refractivity (Wildman–Crippen MR) is 126 cm³/mol. The maximum Gasteiger partial charge on any atom is 0.264 e. The molecule has 0 spiro atoms. The summed E-state index contributed by atoms with van der Waals surface area (Å²) in [4.78, 5) is 35.8. The van der Waals surface area contributed by atoms with Gasteiger partial charge in [0, 0.05) is 23.9 Å². The molecule has 164 valence electrons. The van der Waals surface area contributed by atoms with Gasteiger partial charge in [-0.25, -0.2) is 0 Å². The molecule has 32 heavy (non-hydrogen) atoms. The van der Waals surface area contributed by atoms with Crippen LogP contribution in [0.5, 0.6) is 5.75 Å². The van der Waals surface area contributed by atoms with Gasteiger partial charge in [-0.1, -0.05) is 54.6 Å². The Balaban J connectivity index is 1.34. The monoisotopic (exact) mass is 450 g/mol.